The normalized spacial score (nSPS) is 17.9. The molecular weight excluding hydrogens is 296 g/mol. The van der Waals surface area contributed by atoms with Crippen molar-refractivity contribution >= 4 is 17.7 Å². The quantitative estimate of drug-likeness (QED) is 0.910. The molecule has 22 heavy (non-hydrogen) atoms. The first kappa shape index (κ1) is 15.1. The summed E-state index contributed by atoms with van der Waals surface area (Å²) in [6, 6.07) is 17.7. The molecule has 2 N–H and O–H groups in total. The van der Waals surface area contributed by atoms with E-state index in [0.717, 1.165) is 16.3 Å². The van der Waals surface area contributed by atoms with E-state index in [1.54, 1.807) is 11.8 Å². The van der Waals surface area contributed by atoms with Crippen molar-refractivity contribution in [2.45, 2.75) is 16.0 Å². The molecule has 2 aromatic carbocycles. The fourth-order valence-electron chi connectivity index (χ4n) is 2.24. The molecule has 1 atom stereocenters. The van der Waals surface area contributed by atoms with Crippen molar-refractivity contribution in [1.29, 1.82) is 0 Å². The summed E-state index contributed by atoms with van der Waals surface area (Å²) < 4.78 is 5.53. The second-order valence-corrected chi connectivity index (χ2v) is 6.06. The zero-order valence-corrected chi connectivity index (χ0v) is 12.9. The van der Waals surface area contributed by atoms with Gasteiger partial charge in [-0.15, -0.1) is 0 Å². The van der Waals surface area contributed by atoms with Gasteiger partial charge in [-0.25, -0.2) is 0 Å². The van der Waals surface area contributed by atoms with Crippen LogP contribution in [0.25, 0.3) is 0 Å². The van der Waals surface area contributed by atoms with Gasteiger partial charge in [0.1, 0.15) is 6.23 Å². The van der Waals surface area contributed by atoms with E-state index in [4.69, 9.17) is 4.74 Å². The number of ether oxygens (including phenoxy) is 1. The minimum absolute atomic E-state index is 0.104. The Morgan fingerprint density at radius 3 is 2.68 bits per heavy atom. The maximum atomic E-state index is 12.5. The molecule has 0 radical (unpaired) electrons. The second-order valence-electron chi connectivity index (χ2n) is 4.95. The number of hydrogen-bond acceptors (Lipinski definition) is 4. The van der Waals surface area contributed by atoms with E-state index in [9.17, 15) is 4.79 Å². The predicted octanol–water partition coefficient (Wildman–Crippen LogP) is 2.51. The number of benzene rings is 2. The van der Waals surface area contributed by atoms with Crippen LogP contribution in [0.1, 0.15) is 10.4 Å². The molecule has 1 heterocycles. The molecule has 0 spiro atoms. The molecule has 4 nitrogen and oxygen atoms in total. The smallest absolute Gasteiger partial charge is 0.254 e. The summed E-state index contributed by atoms with van der Waals surface area (Å²) in [5, 5.41) is 6.13. The van der Waals surface area contributed by atoms with Gasteiger partial charge in [-0.3, -0.25) is 4.79 Å². The number of carbonyl (C=O) groups is 1. The third kappa shape index (κ3) is 3.88. The van der Waals surface area contributed by atoms with Crippen LogP contribution in [0.15, 0.2) is 64.4 Å². The lowest BCUT2D eigenvalue weighted by atomic mass is 10.2. The fraction of sp³-hybridized carbons (Fsp3) is 0.235. The Morgan fingerprint density at radius 2 is 1.91 bits per heavy atom. The molecule has 1 aliphatic rings. The Balaban J connectivity index is 1.74. The third-order valence-corrected chi connectivity index (χ3v) is 4.41. The van der Waals surface area contributed by atoms with Crippen LogP contribution in [0.2, 0.25) is 0 Å². The first-order valence-corrected chi connectivity index (χ1v) is 8.10. The van der Waals surface area contributed by atoms with Gasteiger partial charge in [0.05, 0.1) is 12.2 Å². The Kier molecular flexibility index (Phi) is 5.11. The number of hydrogen-bond donors (Lipinski definition) is 2. The van der Waals surface area contributed by atoms with Crippen molar-refractivity contribution < 1.29 is 9.53 Å². The van der Waals surface area contributed by atoms with Gasteiger partial charge in [0, 0.05) is 22.9 Å². The maximum Gasteiger partial charge on any atom is 0.254 e. The summed E-state index contributed by atoms with van der Waals surface area (Å²) in [4.78, 5) is 14.5. The van der Waals surface area contributed by atoms with Crippen LogP contribution in [-0.4, -0.2) is 31.8 Å². The average Bonchev–Trinajstić information content (AvgIpc) is 2.57. The van der Waals surface area contributed by atoms with Gasteiger partial charge in [0.15, 0.2) is 0 Å². The first-order valence-electron chi connectivity index (χ1n) is 7.28. The lowest BCUT2D eigenvalue weighted by Gasteiger charge is -2.24. The number of rotatable bonds is 4. The molecule has 114 valence electrons. The summed E-state index contributed by atoms with van der Waals surface area (Å²) in [5.41, 5.74) is 0.672. The summed E-state index contributed by atoms with van der Waals surface area (Å²) in [6.45, 7) is 2.08. The zero-order chi connectivity index (χ0) is 15.2. The maximum absolute atomic E-state index is 12.5. The van der Waals surface area contributed by atoms with Gasteiger partial charge in [0.25, 0.3) is 5.91 Å². The minimum Gasteiger partial charge on any atom is -0.356 e. The van der Waals surface area contributed by atoms with Crippen LogP contribution in [-0.2, 0) is 4.74 Å². The molecule has 1 aliphatic heterocycles. The number of nitrogens with one attached hydrogen (secondary N) is 2. The summed E-state index contributed by atoms with van der Waals surface area (Å²) in [6.07, 6.45) is -0.268. The standard InChI is InChI=1S/C17H18N2O2S/c20-17(19-16-12-18-10-11-21-16)14-8-4-5-9-15(14)22-13-6-2-1-3-7-13/h1-9,16,18H,10-12H2,(H,19,20). The van der Waals surface area contributed by atoms with E-state index < -0.39 is 0 Å². The average molecular weight is 314 g/mol. The molecule has 0 bridgehead atoms. The van der Waals surface area contributed by atoms with Crippen molar-refractivity contribution in [3.8, 4) is 0 Å². The van der Waals surface area contributed by atoms with E-state index in [2.05, 4.69) is 10.6 Å². The van der Waals surface area contributed by atoms with Crippen molar-refractivity contribution in [3.63, 3.8) is 0 Å². The van der Waals surface area contributed by atoms with Crippen molar-refractivity contribution in [2.24, 2.45) is 0 Å². The van der Waals surface area contributed by atoms with Gasteiger partial charge < -0.3 is 15.4 Å². The number of morpholine rings is 1. The molecule has 0 aromatic heterocycles. The molecule has 2 aromatic rings. The first-order chi connectivity index (χ1) is 10.8. The van der Waals surface area contributed by atoms with E-state index in [-0.39, 0.29) is 12.1 Å². The van der Waals surface area contributed by atoms with E-state index in [1.165, 1.54) is 0 Å². The van der Waals surface area contributed by atoms with Gasteiger partial charge in [-0.2, -0.15) is 0 Å². The van der Waals surface area contributed by atoms with Crippen LogP contribution in [0.3, 0.4) is 0 Å². The minimum atomic E-state index is -0.268. The lowest BCUT2D eigenvalue weighted by Crippen LogP contribution is -2.49. The molecule has 0 saturated carbocycles. The summed E-state index contributed by atoms with van der Waals surface area (Å²) in [5.74, 6) is -0.104. The topological polar surface area (TPSA) is 50.4 Å². The Morgan fingerprint density at radius 1 is 1.14 bits per heavy atom. The molecule has 1 amide bonds. The Hall–Kier alpha value is -1.82. The van der Waals surface area contributed by atoms with Crippen LogP contribution < -0.4 is 10.6 Å². The van der Waals surface area contributed by atoms with Crippen LogP contribution in [0.4, 0.5) is 0 Å². The molecular formula is C17H18N2O2S. The fourth-order valence-corrected chi connectivity index (χ4v) is 3.21. The molecule has 5 heteroatoms. The van der Waals surface area contributed by atoms with Crippen molar-refractivity contribution in [2.75, 3.05) is 19.7 Å². The van der Waals surface area contributed by atoms with E-state index in [1.807, 2.05) is 54.6 Å². The molecule has 1 unspecified atom stereocenters. The highest BCUT2D eigenvalue weighted by Crippen LogP contribution is 2.30. The van der Waals surface area contributed by atoms with Crippen molar-refractivity contribution in [3.05, 3.63) is 60.2 Å². The van der Waals surface area contributed by atoms with Crippen molar-refractivity contribution in [1.82, 2.24) is 10.6 Å². The summed E-state index contributed by atoms with van der Waals surface area (Å²) >= 11 is 1.59. The third-order valence-electron chi connectivity index (χ3n) is 3.32. The van der Waals surface area contributed by atoms with E-state index >= 15 is 0 Å². The monoisotopic (exact) mass is 314 g/mol. The van der Waals surface area contributed by atoms with E-state index in [0.29, 0.717) is 18.7 Å². The SMILES string of the molecule is O=C(NC1CNCCO1)c1ccccc1Sc1ccccc1. The molecule has 0 aliphatic carbocycles. The molecule has 1 saturated heterocycles. The highest BCUT2D eigenvalue weighted by atomic mass is 32.2. The van der Waals surface area contributed by atoms with Gasteiger partial charge in [-0.05, 0) is 24.3 Å². The number of carbonyl (C=O) groups excluding carboxylic acids is 1. The van der Waals surface area contributed by atoms with Gasteiger partial charge in [0.2, 0.25) is 0 Å². The van der Waals surface area contributed by atoms with Gasteiger partial charge >= 0.3 is 0 Å². The molecule has 3 rings (SSSR count). The highest BCUT2D eigenvalue weighted by molar-refractivity contribution is 7.99. The number of amides is 1. The summed E-state index contributed by atoms with van der Waals surface area (Å²) in [7, 11) is 0. The van der Waals surface area contributed by atoms with Gasteiger partial charge in [-0.1, -0.05) is 42.1 Å². The Labute approximate surface area is 134 Å². The van der Waals surface area contributed by atoms with Crippen LogP contribution >= 0.6 is 11.8 Å². The molecule has 1 fully saturated rings. The predicted molar refractivity (Wildman–Crippen MR) is 87.1 cm³/mol. The lowest BCUT2D eigenvalue weighted by molar-refractivity contribution is 0.00826. The van der Waals surface area contributed by atoms with Crippen LogP contribution in [0, 0.1) is 0 Å². The zero-order valence-electron chi connectivity index (χ0n) is 12.1. The Bertz CT molecular complexity index is 628. The highest BCUT2D eigenvalue weighted by Gasteiger charge is 2.18. The largest absolute Gasteiger partial charge is 0.356 e. The van der Waals surface area contributed by atoms with Crippen LogP contribution in [0.5, 0.6) is 0 Å². The second kappa shape index (κ2) is 7.45.